The minimum atomic E-state index is -10.3. The summed E-state index contributed by atoms with van der Waals surface area (Å²) in [5.74, 6) is -3.84. The van der Waals surface area contributed by atoms with E-state index in [9.17, 15) is 52.3 Å². The Kier molecular flexibility index (Phi) is 7.21. The van der Waals surface area contributed by atoms with Crippen LogP contribution in [-0.4, -0.2) is 42.2 Å². The highest BCUT2D eigenvalue weighted by Gasteiger charge is 2.66. The molecule has 2 atom stereocenters. The second-order valence-electron chi connectivity index (χ2n) is 7.23. The third-order valence-electron chi connectivity index (χ3n) is 4.43. The number of carbonyl (C=O) groups excluding carboxylic acids is 2. The Morgan fingerprint density at radius 3 is 2.28 bits per heavy atom. The summed E-state index contributed by atoms with van der Waals surface area (Å²) in [4.78, 5) is 35.4. The molecule has 9 nitrogen and oxygen atoms in total. The van der Waals surface area contributed by atoms with Crippen molar-refractivity contribution in [3.05, 3.63) is 38.9 Å². The molecule has 36 heavy (non-hydrogen) atoms. The average molecular weight is 559 g/mol. The van der Waals surface area contributed by atoms with Crippen LogP contribution in [0.2, 0.25) is 0 Å². The van der Waals surface area contributed by atoms with E-state index < -0.39 is 92.6 Å². The van der Waals surface area contributed by atoms with E-state index in [0.717, 1.165) is 6.92 Å². The maximum absolute atomic E-state index is 13.6. The van der Waals surface area contributed by atoms with Crippen molar-refractivity contribution < 1.29 is 66.3 Å². The molecule has 2 rings (SSSR count). The number of ether oxygens (including phenoxy) is 3. The summed E-state index contributed by atoms with van der Waals surface area (Å²) in [5.41, 5.74) is -2.91. The van der Waals surface area contributed by atoms with Gasteiger partial charge in [0.25, 0.3) is 5.09 Å². The molecule has 0 saturated carbocycles. The van der Waals surface area contributed by atoms with Gasteiger partial charge in [0.05, 0.1) is 12.0 Å². The smallest absolute Gasteiger partial charge is 0.430 e. The minimum Gasteiger partial charge on any atom is -0.475 e. The zero-order valence-corrected chi connectivity index (χ0v) is 19.0. The predicted octanol–water partition coefficient (Wildman–Crippen LogP) is 5.64. The Labute approximate surface area is 196 Å². The molecule has 0 N–H and O–H groups in total. The monoisotopic (exact) mass is 559 g/mol. The van der Waals surface area contributed by atoms with Crippen LogP contribution >= 0.6 is 10.2 Å². The number of aryl methyl sites for hydroxylation is 1. The van der Waals surface area contributed by atoms with Gasteiger partial charge in [-0.1, -0.05) is 26.4 Å². The van der Waals surface area contributed by atoms with Gasteiger partial charge in [0, 0.05) is 12.5 Å². The van der Waals surface area contributed by atoms with Gasteiger partial charge < -0.3 is 19.0 Å². The number of hydrogen-bond acceptors (Lipinski definition) is 8. The van der Waals surface area contributed by atoms with Crippen molar-refractivity contribution >= 4 is 28.2 Å². The lowest BCUT2D eigenvalue weighted by molar-refractivity contribution is -0.757. The predicted molar refractivity (Wildman–Crippen MR) is 105 cm³/mol. The topological polar surface area (TPSA) is 114 Å². The van der Waals surface area contributed by atoms with E-state index in [4.69, 9.17) is 4.74 Å². The van der Waals surface area contributed by atoms with Gasteiger partial charge >= 0.3 is 28.3 Å². The Bertz CT molecular complexity index is 1100. The molecule has 0 saturated heterocycles. The van der Waals surface area contributed by atoms with Crippen LogP contribution in [-0.2, 0) is 30.3 Å². The maximum atomic E-state index is 13.6. The number of halogens is 8. The van der Waals surface area contributed by atoms with Crippen LogP contribution in [0.15, 0.2) is 22.6 Å². The van der Waals surface area contributed by atoms with Crippen molar-refractivity contribution in [2.45, 2.75) is 50.2 Å². The Hall–Kier alpha value is -3.31. The standard InChI is InChI=1S/C18H17F8NO8S/c1-3-10-6-12(36(22,23,24,25)26)7-11-8-13(16(18(19,20)21)35-15(10)11)17(29)34-9(2)33-14(28)4-5-32-27(30)31/h6-9,16H,3-5H2,1-2H3. The lowest BCUT2D eigenvalue weighted by Crippen LogP contribution is -2.41. The van der Waals surface area contributed by atoms with E-state index in [1.165, 1.54) is 6.92 Å². The number of alkyl halides is 3. The van der Waals surface area contributed by atoms with Crippen LogP contribution in [0.4, 0.5) is 32.6 Å². The fourth-order valence-corrected chi connectivity index (χ4v) is 3.66. The molecule has 0 spiro atoms. The summed E-state index contributed by atoms with van der Waals surface area (Å²) >= 11 is 0. The summed E-state index contributed by atoms with van der Waals surface area (Å²) in [7, 11) is -10.3. The van der Waals surface area contributed by atoms with Crippen LogP contribution in [0.3, 0.4) is 0 Å². The van der Waals surface area contributed by atoms with E-state index in [1.54, 1.807) is 0 Å². The molecule has 0 aliphatic carbocycles. The quantitative estimate of drug-likeness (QED) is 0.126. The van der Waals surface area contributed by atoms with Crippen LogP contribution in [0.1, 0.15) is 31.4 Å². The second kappa shape index (κ2) is 8.97. The molecule has 2 unspecified atom stereocenters. The molecule has 18 heteroatoms. The van der Waals surface area contributed by atoms with Crippen molar-refractivity contribution in [3.8, 4) is 5.75 Å². The van der Waals surface area contributed by atoms with E-state index in [-0.39, 0.29) is 18.2 Å². The van der Waals surface area contributed by atoms with Gasteiger partial charge in [-0.05, 0) is 30.2 Å². The minimum absolute atomic E-state index is 0.0187. The molecule has 0 fully saturated rings. The van der Waals surface area contributed by atoms with Crippen molar-refractivity contribution in [1.29, 1.82) is 0 Å². The molecule has 0 aromatic heterocycles. The van der Waals surface area contributed by atoms with Crippen LogP contribution in [0, 0.1) is 10.1 Å². The number of rotatable bonds is 9. The number of carbonyl (C=O) groups is 2. The zero-order valence-electron chi connectivity index (χ0n) is 18.2. The number of benzene rings is 1. The zero-order chi connectivity index (χ0) is 27.8. The summed E-state index contributed by atoms with van der Waals surface area (Å²) in [6.45, 7) is 1.33. The first kappa shape index (κ1) is 28.9. The molecule has 204 valence electrons. The van der Waals surface area contributed by atoms with E-state index in [1.807, 2.05) is 0 Å². The highest BCUT2D eigenvalue weighted by Crippen LogP contribution is 3.02. The molecular weight excluding hydrogens is 542 g/mol. The number of hydrogen-bond donors (Lipinski definition) is 0. The number of fused-ring (bicyclic) bond motifs is 1. The molecule has 1 aliphatic heterocycles. The summed E-state index contributed by atoms with van der Waals surface area (Å²) in [5, 5.41) is 8.81. The Morgan fingerprint density at radius 2 is 1.78 bits per heavy atom. The highest BCUT2D eigenvalue weighted by molar-refractivity contribution is 8.45. The van der Waals surface area contributed by atoms with Gasteiger partial charge in [-0.15, -0.1) is 10.1 Å². The highest BCUT2D eigenvalue weighted by atomic mass is 32.5. The SMILES string of the molecule is CCc1cc(S(F)(F)(F)(F)F)cc2c1OC(C(F)(F)F)C(C(=O)OC(C)OC(=O)CCO[N+](=O)[O-])=C2. The average Bonchev–Trinajstić information content (AvgIpc) is 2.68. The third-order valence-corrected chi connectivity index (χ3v) is 5.56. The van der Waals surface area contributed by atoms with Gasteiger partial charge in [0.1, 0.15) is 17.3 Å². The van der Waals surface area contributed by atoms with Crippen molar-refractivity contribution in [2.24, 2.45) is 0 Å². The lowest BCUT2D eigenvalue weighted by Gasteiger charge is -2.41. The van der Waals surface area contributed by atoms with Gasteiger partial charge in [0.2, 0.25) is 12.4 Å². The normalized spacial score (nSPS) is 18.4. The van der Waals surface area contributed by atoms with Gasteiger partial charge in [-0.2, -0.15) is 13.2 Å². The second-order valence-corrected chi connectivity index (χ2v) is 9.64. The van der Waals surface area contributed by atoms with Crippen LogP contribution < -0.4 is 4.74 Å². The molecule has 1 aliphatic rings. The van der Waals surface area contributed by atoms with Gasteiger partial charge in [-0.3, -0.25) is 4.79 Å². The fraction of sp³-hybridized carbons (Fsp3) is 0.444. The molecule has 1 aromatic rings. The lowest BCUT2D eigenvalue weighted by atomic mass is 9.98. The maximum Gasteiger partial charge on any atom is 0.430 e. The first-order valence-electron chi connectivity index (χ1n) is 9.66. The van der Waals surface area contributed by atoms with Crippen LogP contribution in [0.25, 0.3) is 6.08 Å². The summed E-state index contributed by atoms with van der Waals surface area (Å²) in [6, 6.07) is -0.163. The largest absolute Gasteiger partial charge is 0.475 e. The molecule has 0 amide bonds. The van der Waals surface area contributed by atoms with E-state index in [0.29, 0.717) is 0 Å². The first-order valence-corrected chi connectivity index (χ1v) is 11.6. The van der Waals surface area contributed by atoms with Gasteiger partial charge in [-0.25, -0.2) is 4.79 Å². The molecular formula is C18H17F8NO8S. The molecule has 1 aromatic carbocycles. The Morgan fingerprint density at radius 1 is 1.17 bits per heavy atom. The van der Waals surface area contributed by atoms with Crippen molar-refractivity contribution in [1.82, 2.24) is 0 Å². The summed E-state index contributed by atoms with van der Waals surface area (Å²) < 4.78 is 121. The number of esters is 2. The van der Waals surface area contributed by atoms with Gasteiger partial charge in [0.15, 0.2) is 0 Å². The van der Waals surface area contributed by atoms with Crippen LogP contribution in [0.5, 0.6) is 5.75 Å². The van der Waals surface area contributed by atoms with E-state index in [2.05, 4.69) is 14.3 Å². The number of nitrogens with zero attached hydrogens (tertiary/aromatic N) is 1. The van der Waals surface area contributed by atoms with Crippen molar-refractivity contribution in [2.75, 3.05) is 6.61 Å². The Balaban J connectivity index is 2.41. The van der Waals surface area contributed by atoms with Crippen molar-refractivity contribution in [3.63, 3.8) is 0 Å². The van der Waals surface area contributed by atoms with E-state index >= 15 is 0 Å². The third kappa shape index (κ3) is 7.34. The summed E-state index contributed by atoms with van der Waals surface area (Å²) in [6.07, 6.45) is -11.1. The first-order chi connectivity index (χ1) is 16.1. The fourth-order valence-electron chi connectivity index (χ4n) is 2.94. The molecule has 0 bridgehead atoms. The molecule has 1 heterocycles. The molecule has 0 radical (unpaired) electrons.